The molecule has 2 heteroatoms. The lowest BCUT2D eigenvalue weighted by molar-refractivity contribution is 0.319. The predicted octanol–water partition coefficient (Wildman–Crippen LogP) is 5.18. The van der Waals surface area contributed by atoms with Crippen molar-refractivity contribution in [1.29, 1.82) is 5.26 Å². The van der Waals surface area contributed by atoms with Crippen LogP contribution in [0.1, 0.15) is 55.7 Å². The summed E-state index contributed by atoms with van der Waals surface area (Å²) in [5.41, 5.74) is 2.19. The van der Waals surface area contributed by atoms with Gasteiger partial charge in [-0.3, -0.25) is 5.32 Å². The Labute approximate surface area is 145 Å². The molecule has 0 heterocycles. The lowest BCUT2D eigenvalue weighted by Gasteiger charge is -2.32. The standard InChI is InChI=1S/C22H26N2/c23-18-22(15-9-1-2-10-16-22)24-21(20-13-7-4-8-14-20)17-19-11-5-3-6-12-19/h3-8,11-14,21,24H,1-2,9-10,15-17H2. The molecule has 24 heavy (non-hydrogen) atoms. The molecular weight excluding hydrogens is 292 g/mol. The molecule has 2 aromatic rings. The third-order valence-electron chi connectivity index (χ3n) is 5.11. The van der Waals surface area contributed by atoms with Gasteiger partial charge in [-0.1, -0.05) is 86.3 Å². The van der Waals surface area contributed by atoms with Crippen LogP contribution in [0, 0.1) is 11.3 Å². The van der Waals surface area contributed by atoms with Crippen molar-refractivity contribution in [3.8, 4) is 6.07 Å². The Bertz CT molecular complexity index is 649. The van der Waals surface area contributed by atoms with Gasteiger partial charge in [0.15, 0.2) is 0 Å². The highest BCUT2D eigenvalue weighted by molar-refractivity contribution is 5.25. The van der Waals surface area contributed by atoms with Gasteiger partial charge in [-0.25, -0.2) is 0 Å². The molecule has 1 atom stereocenters. The molecule has 0 amide bonds. The second-order valence-corrected chi connectivity index (χ2v) is 6.91. The number of rotatable bonds is 5. The van der Waals surface area contributed by atoms with E-state index in [1.54, 1.807) is 0 Å². The molecule has 1 N–H and O–H groups in total. The fraction of sp³-hybridized carbons (Fsp3) is 0.409. The summed E-state index contributed by atoms with van der Waals surface area (Å²) in [4.78, 5) is 0. The topological polar surface area (TPSA) is 35.8 Å². The number of hydrogen-bond donors (Lipinski definition) is 1. The molecule has 2 aromatic carbocycles. The van der Waals surface area contributed by atoms with Crippen molar-refractivity contribution in [3.05, 3.63) is 71.8 Å². The quantitative estimate of drug-likeness (QED) is 0.771. The molecule has 0 saturated heterocycles. The minimum atomic E-state index is -0.383. The van der Waals surface area contributed by atoms with Crippen molar-refractivity contribution in [3.63, 3.8) is 0 Å². The van der Waals surface area contributed by atoms with Crippen LogP contribution in [0.3, 0.4) is 0 Å². The Morgan fingerprint density at radius 1 is 0.875 bits per heavy atom. The van der Waals surface area contributed by atoms with E-state index in [4.69, 9.17) is 0 Å². The first-order valence-corrected chi connectivity index (χ1v) is 9.09. The summed E-state index contributed by atoms with van der Waals surface area (Å²) in [5.74, 6) is 0. The number of hydrogen-bond acceptors (Lipinski definition) is 2. The first kappa shape index (κ1) is 16.7. The molecule has 1 fully saturated rings. The second-order valence-electron chi connectivity index (χ2n) is 6.91. The highest BCUT2D eigenvalue weighted by Crippen LogP contribution is 2.30. The van der Waals surface area contributed by atoms with E-state index >= 15 is 0 Å². The van der Waals surface area contributed by atoms with Crippen LogP contribution in [0.5, 0.6) is 0 Å². The summed E-state index contributed by atoms with van der Waals surface area (Å²) >= 11 is 0. The average Bonchev–Trinajstić information content (AvgIpc) is 2.89. The van der Waals surface area contributed by atoms with Gasteiger partial charge in [0, 0.05) is 6.04 Å². The molecule has 0 aliphatic heterocycles. The summed E-state index contributed by atoms with van der Waals surface area (Å²) < 4.78 is 0. The average molecular weight is 318 g/mol. The van der Waals surface area contributed by atoms with E-state index in [0.29, 0.717) is 0 Å². The molecule has 0 bridgehead atoms. The summed E-state index contributed by atoms with van der Waals surface area (Å²) in [7, 11) is 0. The Morgan fingerprint density at radius 2 is 1.46 bits per heavy atom. The van der Waals surface area contributed by atoms with E-state index in [2.05, 4.69) is 72.0 Å². The number of benzene rings is 2. The minimum Gasteiger partial charge on any atom is -0.292 e. The van der Waals surface area contributed by atoms with E-state index in [-0.39, 0.29) is 11.6 Å². The van der Waals surface area contributed by atoms with Gasteiger partial charge in [0.1, 0.15) is 5.54 Å². The molecule has 124 valence electrons. The molecule has 1 saturated carbocycles. The normalized spacial score (nSPS) is 18.3. The zero-order valence-electron chi connectivity index (χ0n) is 14.2. The fourth-order valence-electron chi connectivity index (χ4n) is 3.74. The van der Waals surface area contributed by atoms with Crippen LogP contribution < -0.4 is 5.32 Å². The number of nitriles is 1. The van der Waals surface area contributed by atoms with Crippen LogP contribution in [0.2, 0.25) is 0 Å². The van der Waals surface area contributed by atoms with E-state index in [9.17, 15) is 5.26 Å². The highest BCUT2D eigenvalue weighted by Gasteiger charge is 2.33. The maximum atomic E-state index is 9.92. The molecule has 1 aliphatic carbocycles. The summed E-state index contributed by atoms with van der Waals surface area (Å²) in [6, 6.07) is 23.9. The first-order chi connectivity index (χ1) is 11.8. The molecule has 1 aliphatic rings. The van der Waals surface area contributed by atoms with Crippen LogP contribution in [-0.2, 0) is 6.42 Å². The van der Waals surface area contributed by atoms with E-state index in [1.807, 2.05) is 0 Å². The van der Waals surface area contributed by atoms with E-state index in [0.717, 1.165) is 32.1 Å². The Morgan fingerprint density at radius 3 is 2.04 bits per heavy atom. The maximum absolute atomic E-state index is 9.92. The lowest BCUT2D eigenvalue weighted by Crippen LogP contribution is -2.46. The van der Waals surface area contributed by atoms with Crippen LogP contribution in [-0.4, -0.2) is 5.54 Å². The number of nitrogens with zero attached hydrogens (tertiary/aromatic N) is 1. The fourth-order valence-corrected chi connectivity index (χ4v) is 3.74. The Kier molecular flexibility index (Phi) is 5.67. The maximum Gasteiger partial charge on any atom is 0.107 e. The highest BCUT2D eigenvalue weighted by atomic mass is 15.0. The molecule has 0 aromatic heterocycles. The van der Waals surface area contributed by atoms with Gasteiger partial charge in [0.25, 0.3) is 0 Å². The van der Waals surface area contributed by atoms with Crippen molar-refractivity contribution in [2.45, 2.75) is 56.5 Å². The molecule has 0 spiro atoms. The first-order valence-electron chi connectivity index (χ1n) is 9.09. The Hall–Kier alpha value is -2.11. The smallest absolute Gasteiger partial charge is 0.107 e. The van der Waals surface area contributed by atoms with Gasteiger partial charge in [0.05, 0.1) is 6.07 Å². The SMILES string of the molecule is N#CC1(NC(Cc2ccccc2)c2ccccc2)CCCCCC1. The van der Waals surface area contributed by atoms with Gasteiger partial charge >= 0.3 is 0 Å². The minimum absolute atomic E-state index is 0.173. The lowest BCUT2D eigenvalue weighted by atomic mass is 9.88. The summed E-state index contributed by atoms with van der Waals surface area (Å²) in [6.45, 7) is 0. The molecule has 3 rings (SSSR count). The molecule has 1 unspecified atom stereocenters. The van der Waals surface area contributed by atoms with Crippen LogP contribution in [0.25, 0.3) is 0 Å². The van der Waals surface area contributed by atoms with E-state index < -0.39 is 0 Å². The van der Waals surface area contributed by atoms with Gasteiger partial charge in [-0.2, -0.15) is 5.26 Å². The van der Waals surface area contributed by atoms with Crippen molar-refractivity contribution >= 4 is 0 Å². The van der Waals surface area contributed by atoms with Crippen LogP contribution >= 0.6 is 0 Å². The Balaban J connectivity index is 1.85. The van der Waals surface area contributed by atoms with Gasteiger partial charge in [0.2, 0.25) is 0 Å². The third-order valence-corrected chi connectivity index (χ3v) is 5.11. The van der Waals surface area contributed by atoms with Gasteiger partial charge < -0.3 is 0 Å². The van der Waals surface area contributed by atoms with Gasteiger partial charge in [-0.05, 0) is 30.4 Å². The second kappa shape index (κ2) is 8.13. The van der Waals surface area contributed by atoms with E-state index in [1.165, 1.54) is 24.0 Å². The van der Waals surface area contributed by atoms with Crippen molar-refractivity contribution in [1.82, 2.24) is 5.32 Å². The monoisotopic (exact) mass is 318 g/mol. The molecule has 2 nitrogen and oxygen atoms in total. The molecule has 0 radical (unpaired) electrons. The third kappa shape index (κ3) is 4.24. The van der Waals surface area contributed by atoms with Crippen molar-refractivity contribution < 1.29 is 0 Å². The molecular formula is C22H26N2. The largest absolute Gasteiger partial charge is 0.292 e. The van der Waals surface area contributed by atoms with Crippen molar-refractivity contribution in [2.75, 3.05) is 0 Å². The predicted molar refractivity (Wildman–Crippen MR) is 98.5 cm³/mol. The summed E-state index contributed by atoms with van der Waals surface area (Å²) in [5, 5.41) is 13.7. The summed E-state index contributed by atoms with van der Waals surface area (Å²) in [6.07, 6.45) is 7.62. The van der Waals surface area contributed by atoms with Crippen LogP contribution in [0.15, 0.2) is 60.7 Å². The van der Waals surface area contributed by atoms with Crippen molar-refractivity contribution in [2.24, 2.45) is 0 Å². The zero-order chi connectivity index (χ0) is 16.7. The zero-order valence-corrected chi connectivity index (χ0v) is 14.2. The number of nitrogens with one attached hydrogen (secondary N) is 1. The van der Waals surface area contributed by atoms with Crippen LogP contribution in [0.4, 0.5) is 0 Å². The van der Waals surface area contributed by atoms with Gasteiger partial charge in [-0.15, -0.1) is 0 Å².